The van der Waals surface area contributed by atoms with Crippen molar-refractivity contribution >= 4 is 45.0 Å². The number of hydrogen-bond acceptors (Lipinski definition) is 5. The van der Waals surface area contributed by atoms with Crippen molar-refractivity contribution in [3.05, 3.63) is 87.8 Å². The summed E-state index contributed by atoms with van der Waals surface area (Å²) >= 11 is 8.27. The molecule has 0 aliphatic heterocycles. The quantitative estimate of drug-likeness (QED) is 0.193. The van der Waals surface area contributed by atoms with E-state index in [2.05, 4.69) is 6.07 Å². The van der Waals surface area contributed by atoms with E-state index in [0.29, 0.717) is 40.9 Å². The SMILES string of the molecule is CCOc1ccc(-c2cccc(C#N)c2)cc1CN(C(=O)c1sc2ccccc2c1Cl)C1CCC(CN(C(=O)O)C(C)(C)C)CC1. The molecule has 1 heterocycles. The molecule has 0 atom stereocenters. The van der Waals surface area contributed by atoms with Gasteiger partial charge in [0.15, 0.2) is 0 Å². The highest BCUT2D eigenvalue weighted by Gasteiger charge is 2.35. The second kappa shape index (κ2) is 14.1. The van der Waals surface area contributed by atoms with Crippen molar-refractivity contribution in [2.45, 2.75) is 71.5 Å². The average Bonchev–Trinajstić information content (AvgIpc) is 3.38. The van der Waals surface area contributed by atoms with Crippen molar-refractivity contribution in [3.63, 3.8) is 0 Å². The Morgan fingerprint density at radius 2 is 1.74 bits per heavy atom. The zero-order valence-electron chi connectivity index (χ0n) is 26.8. The van der Waals surface area contributed by atoms with Crippen LogP contribution in [0.4, 0.5) is 4.79 Å². The summed E-state index contributed by atoms with van der Waals surface area (Å²) in [4.78, 5) is 30.5. The third kappa shape index (κ3) is 7.32. The Labute approximate surface area is 280 Å². The van der Waals surface area contributed by atoms with Crippen molar-refractivity contribution in [1.82, 2.24) is 9.80 Å². The Bertz CT molecular complexity index is 1760. The van der Waals surface area contributed by atoms with Crippen molar-refractivity contribution < 1.29 is 19.4 Å². The highest BCUT2D eigenvalue weighted by atomic mass is 35.5. The number of nitriles is 1. The molecule has 1 aliphatic carbocycles. The van der Waals surface area contributed by atoms with Crippen LogP contribution in [-0.2, 0) is 6.54 Å². The van der Waals surface area contributed by atoms with Gasteiger partial charge in [0, 0.05) is 40.3 Å². The summed E-state index contributed by atoms with van der Waals surface area (Å²) in [6.45, 7) is 8.97. The molecule has 0 unspecified atom stereocenters. The number of rotatable bonds is 9. The Hall–Kier alpha value is -4.06. The highest BCUT2D eigenvalue weighted by molar-refractivity contribution is 7.21. The topological polar surface area (TPSA) is 93.9 Å². The van der Waals surface area contributed by atoms with Crippen LogP contribution in [0.2, 0.25) is 5.02 Å². The smallest absolute Gasteiger partial charge is 0.407 e. The fourth-order valence-electron chi connectivity index (χ4n) is 6.32. The summed E-state index contributed by atoms with van der Waals surface area (Å²) in [7, 11) is 0. The van der Waals surface area contributed by atoms with Gasteiger partial charge < -0.3 is 19.6 Å². The Balaban J connectivity index is 1.49. The third-order valence-corrected chi connectivity index (χ3v) is 10.4. The van der Waals surface area contributed by atoms with Crippen LogP contribution in [0, 0.1) is 17.2 Å². The van der Waals surface area contributed by atoms with Gasteiger partial charge in [-0.2, -0.15) is 5.26 Å². The monoisotopic (exact) mass is 657 g/mol. The van der Waals surface area contributed by atoms with E-state index in [4.69, 9.17) is 16.3 Å². The number of benzene rings is 3. The average molecular weight is 658 g/mol. The van der Waals surface area contributed by atoms with Crippen molar-refractivity contribution in [1.29, 1.82) is 5.26 Å². The van der Waals surface area contributed by atoms with Gasteiger partial charge in [-0.3, -0.25) is 4.79 Å². The fourth-order valence-corrected chi connectivity index (χ4v) is 7.78. The minimum atomic E-state index is -0.908. The third-order valence-electron chi connectivity index (χ3n) is 8.75. The molecule has 1 saturated carbocycles. The molecular weight excluding hydrogens is 618 g/mol. The predicted octanol–water partition coefficient (Wildman–Crippen LogP) is 9.47. The van der Waals surface area contributed by atoms with Gasteiger partial charge in [0.25, 0.3) is 5.91 Å². The van der Waals surface area contributed by atoms with Crippen LogP contribution in [0.3, 0.4) is 0 Å². The molecule has 0 radical (unpaired) electrons. The molecule has 240 valence electrons. The van der Waals surface area contributed by atoms with Crippen LogP contribution in [0.25, 0.3) is 21.2 Å². The first-order valence-electron chi connectivity index (χ1n) is 15.7. The van der Waals surface area contributed by atoms with Gasteiger partial charge in [-0.05, 0) is 101 Å². The van der Waals surface area contributed by atoms with E-state index in [0.717, 1.165) is 52.5 Å². The lowest BCUT2D eigenvalue weighted by Gasteiger charge is -2.40. The van der Waals surface area contributed by atoms with Gasteiger partial charge in [-0.25, -0.2) is 4.79 Å². The van der Waals surface area contributed by atoms with Crippen molar-refractivity contribution in [3.8, 4) is 22.9 Å². The molecule has 3 aromatic carbocycles. The number of nitrogens with zero attached hydrogens (tertiary/aromatic N) is 3. The lowest BCUT2D eigenvalue weighted by atomic mass is 9.84. The van der Waals surface area contributed by atoms with Crippen molar-refractivity contribution in [2.24, 2.45) is 5.92 Å². The number of amides is 2. The van der Waals surface area contributed by atoms with E-state index in [-0.39, 0.29) is 17.9 Å². The molecule has 5 rings (SSSR count). The standard InChI is InChI=1S/C37H40ClN3O4S/c1-5-45-31-18-15-27(26-10-8-9-25(19-26)21-39)20-28(31)23-40(35(42)34-33(38)30-11-6-7-12-32(30)46-34)29-16-13-24(14-17-29)22-41(36(43)44)37(2,3)4/h6-12,15,18-20,24,29H,5,13-14,16-17,22-23H2,1-4H3,(H,43,44). The lowest BCUT2D eigenvalue weighted by molar-refractivity contribution is 0.0535. The van der Waals surface area contributed by atoms with Gasteiger partial charge in [0.1, 0.15) is 10.6 Å². The number of ether oxygens (including phenoxy) is 1. The summed E-state index contributed by atoms with van der Waals surface area (Å²) < 4.78 is 7.02. The molecule has 9 heteroatoms. The van der Waals surface area contributed by atoms with E-state index in [1.165, 1.54) is 16.2 Å². The molecule has 1 aromatic heterocycles. The van der Waals surface area contributed by atoms with Crippen LogP contribution in [0.5, 0.6) is 5.75 Å². The summed E-state index contributed by atoms with van der Waals surface area (Å²) in [6.07, 6.45) is 2.23. The normalized spacial score (nSPS) is 16.5. The van der Waals surface area contributed by atoms with Crippen LogP contribution >= 0.6 is 22.9 Å². The van der Waals surface area contributed by atoms with Crippen LogP contribution < -0.4 is 4.74 Å². The summed E-state index contributed by atoms with van der Waals surface area (Å²) in [5, 5.41) is 20.7. The second-order valence-corrected chi connectivity index (χ2v) is 14.3. The van der Waals surface area contributed by atoms with Gasteiger partial charge in [-0.1, -0.05) is 48.0 Å². The largest absolute Gasteiger partial charge is 0.494 e. The zero-order chi connectivity index (χ0) is 33.0. The fraction of sp³-hybridized carbons (Fsp3) is 0.378. The molecule has 1 aliphatic rings. The zero-order valence-corrected chi connectivity index (χ0v) is 28.3. The molecule has 1 N–H and O–H groups in total. The number of carbonyl (C=O) groups excluding carboxylic acids is 1. The minimum absolute atomic E-state index is 0.0574. The summed E-state index contributed by atoms with van der Waals surface area (Å²) in [5.41, 5.74) is 2.81. The molecule has 7 nitrogen and oxygen atoms in total. The lowest BCUT2D eigenvalue weighted by Crippen LogP contribution is -2.48. The van der Waals surface area contributed by atoms with Gasteiger partial charge in [0.2, 0.25) is 0 Å². The predicted molar refractivity (Wildman–Crippen MR) is 185 cm³/mol. The summed E-state index contributed by atoms with van der Waals surface area (Å²) in [6, 6.07) is 23.4. The molecule has 0 bridgehead atoms. The first-order chi connectivity index (χ1) is 22.0. The minimum Gasteiger partial charge on any atom is -0.494 e. The van der Waals surface area contributed by atoms with E-state index in [1.807, 2.05) is 93.3 Å². The van der Waals surface area contributed by atoms with Crippen LogP contribution in [0.1, 0.15) is 74.2 Å². The van der Waals surface area contributed by atoms with Crippen LogP contribution in [0.15, 0.2) is 66.7 Å². The molecule has 1 fully saturated rings. The van der Waals surface area contributed by atoms with E-state index >= 15 is 0 Å². The maximum Gasteiger partial charge on any atom is 0.407 e. The number of thiophene rings is 1. The van der Waals surface area contributed by atoms with E-state index in [9.17, 15) is 20.0 Å². The molecule has 46 heavy (non-hydrogen) atoms. The molecule has 0 saturated heterocycles. The highest BCUT2D eigenvalue weighted by Crippen LogP contribution is 2.39. The van der Waals surface area contributed by atoms with Gasteiger partial charge in [-0.15, -0.1) is 11.3 Å². The first-order valence-corrected chi connectivity index (χ1v) is 16.9. The number of carboxylic acid groups (broad SMARTS) is 1. The molecule has 4 aromatic rings. The Morgan fingerprint density at radius 1 is 1.02 bits per heavy atom. The number of hydrogen-bond donors (Lipinski definition) is 1. The van der Waals surface area contributed by atoms with E-state index in [1.54, 1.807) is 6.07 Å². The summed E-state index contributed by atoms with van der Waals surface area (Å²) in [5.74, 6) is 0.806. The van der Waals surface area contributed by atoms with Gasteiger partial charge >= 0.3 is 6.09 Å². The first kappa shape index (κ1) is 33.3. The Kier molecular flexibility index (Phi) is 10.2. The molecule has 2 amide bonds. The molecular formula is C37H40ClN3O4S. The molecule has 0 spiro atoms. The maximum absolute atomic E-state index is 14.5. The maximum atomic E-state index is 14.5. The second-order valence-electron chi connectivity index (χ2n) is 12.9. The van der Waals surface area contributed by atoms with E-state index < -0.39 is 11.6 Å². The number of carbonyl (C=O) groups is 2. The Morgan fingerprint density at radius 3 is 2.39 bits per heavy atom. The van der Waals surface area contributed by atoms with Crippen LogP contribution in [-0.4, -0.2) is 51.6 Å². The van der Waals surface area contributed by atoms with Crippen molar-refractivity contribution in [2.75, 3.05) is 13.2 Å². The number of fused-ring (bicyclic) bond motifs is 1. The number of halogens is 1. The van der Waals surface area contributed by atoms with Gasteiger partial charge in [0.05, 0.1) is 23.3 Å².